The Hall–Kier alpha value is -1.80. The number of nitrogens with zero attached hydrogens (tertiary/aromatic N) is 5. The number of ether oxygens (including phenoxy) is 1. The second-order valence-corrected chi connectivity index (χ2v) is 4.96. The number of aryl methyl sites for hydroxylation is 1. The highest BCUT2D eigenvalue weighted by Crippen LogP contribution is 2.10. The van der Waals surface area contributed by atoms with Crippen molar-refractivity contribution in [1.82, 2.24) is 30.1 Å². The van der Waals surface area contributed by atoms with Crippen LogP contribution in [0.25, 0.3) is 11.0 Å². The Kier molecular flexibility index (Phi) is 3.75. The van der Waals surface area contributed by atoms with Crippen molar-refractivity contribution in [2.24, 2.45) is 7.05 Å². The lowest BCUT2D eigenvalue weighted by Crippen LogP contribution is -2.33. The van der Waals surface area contributed by atoms with Crippen LogP contribution in [0.1, 0.15) is 12.8 Å². The number of hydrogen-bond acceptors (Lipinski definition) is 6. The van der Waals surface area contributed by atoms with Gasteiger partial charge in [0.25, 0.3) is 5.56 Å². The predicted molar refractivity (Wildman–Crippen MR) is 72.4 cm³/mol. The number of hydrogen-bond donors (Lipinski definition) is 1. The summed E-state index contributed by atoms with van der Waals surface area (Å²) in [6.45, 7) is 2.83. The van der Waals surface area contributed by atoms with Gasteiger partial charge in [-0.2, -0.15) is 5.10 Å². The normalized spacial score (nSPS) is 18.9. The summed E-state index contributed by atoms with van der Waals surface area (Å²) >= 11 is 0. The lowest BCUT2D eigenvalue weighted by Gasteiger charge is -2.10. The summed E-state index contributed by atoms with van der Waals surface area (Å²) in [6.07, 6.45) is 4.07. The molecule has 1 aliphatic heterocycles. The summed E-state index contributed by atoms with van der Waals surface area (Å²) in [5.74, 6) is 0. The van der Waals surface area contributed by atoms with E-state index < -0.39 is 0 Å². The fourth-order valence-electron chi connectivity index (χ4n) is 2.38. The van der Waals surface area contributed by atoms with Gasteiger partial charge in [-0.15, -0.1) is 5.10 Å². The van der Waals surface area contributed by atoms with Gasteiger partial charge in [-0.1, -0.05) is 5.21 Å². The maximum atomic E-state index is 12.1. The molecule has 0 spiro atoms. The number of nitrogens with one attached hydrogen (secondary N) is 1. The summed E-state index contributed by atoms with van der Waals surface area (Å²) in [6, 6.07) is 0. The molecular weight excluding hydrogens is 260 g/mol. The molecule has 0 amide bonds. The van der Waals surface area contributed by atoms with E-state index in [2.05, 4.69) is 20.7 Å². The van der Waals surface area contributed by atoms with Gasteiger partial charge in [-0.3, -0.25) is 4.79 Å². The van der Waals surface area contributed by atoms with Crippen LogP contribution in [-0.4, -0.2) is 50.6 Å². The molecule has 1 unspecified atom stereocenters. The maximum absolute atomic E-state index is 12.1. The molecule has 8 nitrogen and oxygen atoms in total. The molecular formula is C12H18N6O2. The molecule has 0 aromatic carbocycles. The van der Waals surface area contributed by atoms with Gasteiger partial charge in [0.2, 0.25) is 0 Å². The minimum atomic E-state index is -0.151. The summed E-state index contributed by atoms with van der Waals surface area (Å²) in [5, 5.41) is 15.7. The van der Waals surface area contributed by atoms with Crippen molar-refractivity contribution in [3.8, 4) is 0 Å². The van der Waals surface area contributed by atoms with Crippen molar-refractivity contribution < 1.29 is 4.74 Å². The Morgan fingerprint density at radius 1 is 1.55 bits per heavy atom. The Morgan fingerprint density at radius 2 is 2.45 bits per heavy atom. The molecule has 108 valence electrons. The standard InChI is InChI=1S/C12H18N6O2/c1-17-11-10(8-14-17)12(19)18(16-15-11)5-4-13-7-9-3-2-6-20-9/h8-9,13H,2-7H2,1H3. The lowest BCUT2D eigenvalue weighted by molar-refractivity contribution is 0.110. The van der Waals surface area contributed by atoms with E-state index in [1.807, 2.05) is 0 Å². The van der Waals surface area contributed by atoms with Crippen LogP contribution < -0.4 is 10.9 Å². The minimum Gasteiger partial charge on any atom is -0.377 e. The van der Waals surface area contributed by atoms with Crippen LogP contribution >= 0.6 is 0 Å². The second-order valence-electron chi connectivity index (χ2n) is 4.96. The van der Waals surface area contributed by atoms with Crippen LogP contribution in [0.2, 0.25) is 0 Å². The van der Waals surface area contributed by atoms with Gasteiger partial charge in [0.05, 0.1) is 18.8 Å². The zero-order valence-corrected chi connectivity index (χ0v) is 11.4. The minimum absolute atomic E-state index is 0.151. The first-order chi connectivity index (χ1) is 9.75. The molecule has 2 aromatic heterocycles. The fourth-order valence-corrected chi connectivity index (χ4v) is 2.38. The van der Waals surface area contributed by atoms with Gasteiger partial charge < -0.3 is 10.1 Å². The highest BCUT2D eigenvalue weighted by Gasteiger charge is 2.14. The van der Waals surface area contributed by atoms with Crippen LogP contribution in [-0.2, 0) is 18.3 Å². The van der Waals surface area contributed by atoms with Gasteiger partial charge in [0, 0.05) is 26.7 Å². The molecule has 1 fully saturated rings. The van der Waals surface area contributed by atoms with Gasteiger partial charge in [0.1, 0.15) is 5.39 Å². The van der Waals surface area contributed by atoms with E-state index in [-0.39, 0.29) is 5.56 Å². The average Bonchev–Trinajstić information content (AvgIpc) is 3.08. The summed E-state index contributed by atoms with van der Waals surface area (Å²) in [7, 11) is 1.74. The molecule has 1 aliphatic rings. The van der Waals surface area contributed by atoms with E-state index in [4.69, 9.17) is 4.74 Å². The monoisotopic (exact) mass is 278 g/mol. The van der Waals surface area contributed by atoms with Gasteiger partial charge in [-0.25, -0.2) is 9.36 Å². The molecule has 0 aliphatic carbocycles. The number of rotatable bonds is 5. The Morgan fingerprint density at radius 3 is 3.25 bits per heavy atom. The molecule has 1 saturated heterocycles. The van der Waals surface area contributed by atoms with E-state index >= 15 is 0 Å². The Labute approximate surface area is 115 Å². The first kappa shape index (κ1) is 13.2. The third-order valence-electron chi connectivity index (χ3n) is 3.52. The van der Waals surface area contributed by atoms with E-state index in [1.54, 1.807) is 11.7 Å². The van der Waals surface area contributed by atoms with Crippen molar-refractivity contribution in [2.45, 2.75) is 25.5 Å². The van der Waals surface area contributed by atoms with Crippen LogP contribution in [0, 0.1) is 0 Å². The average molecular weight is 278 g/mol. The molecule has 3 rings (SSSR count). The highest BCUT2D eigenvalue weighted by molar-refractivity contribution is 5.72. The summed E-state index contributed by atoms with van der Waals surface area (Å²) in [5.41, 5.74) is 0.362. The first-order valence-electron chi connectivity index (χ1n) is 6.83. The maximum Gasteiger partial charge on any atom is 0.280 e. The van der Waals surface area contributed by atoms with Crippen molar-refractivity contribution in [3.05, 3.63) is 16.6 Å². The second kappa shape index (κ2) is 5.68. The highest BCUT2D eigenvalue weighted by atomic mass is 16.5. The topological polar surface area (TPSA) is 86.9 Å². The molecule has 0 bridgehead atoms. The Balaban J connectivity index is 1.60. The quantitative estimate of drug-likeness (QED) is 0.727. The van der Waals surface area contributed by atoms with Crippen molar-refractivity contribution in [2.75, 3.05) is 19.7 Å². The van der Waals surface area contributed by atoms with Crippen LogP contribution in [0.4, 0.5) is 0 Å². The van der Waals surface area contributed by atoms with Crippen LogP contribution in [0.3, 0.4) is 0 Å². The van der Waals surface area contributed by atoms with Crippen LogP contribution in [0.15, 0.2) is 11.0 Å². The third kappa shape index (κ3) is 2.56. The zero-order valence-electron chi connectivity index (χ0n) is 11.4. The Bertz CT molecular complexity index is 643. The molecule has 0 radical (unpaired) electrons. The smallest absolute Gasteiger partial charge is 0.280 e. The molecule has 2 aromatic rings. The fraction of sp³-hybridized carbons (Fsp3) is 0.667. The van der Waals surface area contributed by atoms with E-state index in [1.165, 1.54) is 10.9 Å². The SMILES string of the molecule is Cn1ncc2c(=O)n(CCNCC3CCCO3)nnc21. The third-order valence-corrected chi connectivity index (χ3v) is 3.52. The van der Waals surface area contributed by atoms with Crippen molar-refractivity contribution in [1.29, 1.82) is 0 Å². The van der Waals surface area contributed by atoms with Crippen molar-refractivity contribution >= 4 is 11.0 Å². The van der Waals surface area contributed by atoms with Gasteiger partial charge in [-0.05, 0) is 12.8 Å². The first-order valence-corrected chi connectivity index (χ1v) is 6.83. The molecule has 3 heterocycles. The number of aromatic nitrogens is 5. The molecule has 1 atom stereocenters. The van der Waals surface area contributed by atoms with E-state index in [0.717, 1.165) is 26.0 Å². The number of fused-ring (bicyclic) bond motifs is 1. The summed E-state index contributed by atoms with van der Waals surface area (Å²) < 4.78 is 8.43. The molecule has 8 heteroatoms. The molecule has 0 saturated carbocycles. The van der Waals surface area contributed by atoms with E-state index in [0.29, 0.717) is 30.2 Å². The lowest BCUT2D eigenvalue weighted by atomic mass is 10.2. The molecule has 20 heavy (non-hydrogen) atoms. The van der Waals surface area contributed by atoms with Crippen molar-refractivity contribution in [3.63, 3.8) is 0 Å². The molecule has 1 N–H and O–H groups in total. The summed E-state index contributed by atoms with van der Waals surface area (Å²) in [4.78, 5) is 12.1. The predicted octanol–water partition coefficient (Wildman–Crippen LogP) is -0.706. The van der Waals surface area contributed by atoms with Gasteiger partial charge in [0.15, 0.2) is 5.65 Å². The van der Waals surface area contributed by atoms with Crippen LogP contribution in [0.5, 0.6) is 0 Å². The largest absolute Gasteiger partial charge is 0.377 e. The zero-order chi connectivity index (χ0) is 13.9. The van der Waals surface area contributed by atoms with Gasteiger partial charge >= 0.3 is 0 Å². The van der Waals surface area contributed by atoms with E-state index in [9.17, 15) is 4.79 Å².